The highest BCUT2D eigenvalue weighted by molar-refractivity contribution is 6.07. The van der Waals surface area contributed by atoms with E-state index in [1.54, 1.807) is 20.4 Å². The number of ether oxygens (including phenoxy) is 2. The second-order valence-corrected chi connectivity index (χ2v) is 5.14. The summed E-state index contributed by atoms with van der Waals surface area (Å²) >= 11 is 0. The van der Waals surface area contributed by atoms with Crippen molar-refractivity contribution in [3.05, 3.63) is 41.9 Å². The number of hydrogen-bond donors (Lipinski definition) is 0. The Hall–Kier alpha value is -2.89. The summed E-state index contributed by atoms with van der Waals surface area (Å²) in [4.78, 5) is 16.4. The highest BCUT2D eigenvalue weighted by Crippen LogP contribution is 2.36. The Kier molecular flexibility index (Phi) is 3.73. The van der Waals surface area contributed by atoms with E-state index in [1.165, 1.54) is 11.8 Å². The molecule has 0 saturated heterocycles. The summed E-state index contributed by atoms with van der Waals surface area (Å²) < 4.78 is 11.9. The zero-order valence-corrected chi connectivity index (χ0v) is 13.5. The molecule has 0 aliphatic heterocycles. The molecule has 2 heterocycles. The van der Waals surface area contributed by atoms with Crippen molar-refractivity contribution >= 4 is 16.9 Å². The second kappa shape index (κ2) is 5.72. The highest BCUT2D eigenvalue weighted by Gasteiger charge is 2.21. The van der Waals surface area contributed by atoms with Crippen LogP contribution in [-0.2, 0) is 11.8 Å². The Morgan fingerprint density at radius 1 is 1.22 bits per heavy atom. The van der Waals surface area contributed by atoms with Crippen molar-refractivity contribution < 1.29 is 14.3 Å². The van der Waals surface area contributed by atoms with Crippen LogP contribution in [0, 0.1) is 6.92 Å². The van der Waals surface area contributed by atoms with Gasteiger partial charge in [-0.2, -0.15) is 5.10 Å². The Bertz CT molecular complexity index is 899. The average molecular weight is 311 g/mol. The van der Waals surface area contributed by atoms with E-state index in [2.05, 4.69) is 10.1 Å². The molecule has 0 fully saturated rings. The molecule has 0 N–H and O–H groups in total. The molecule has 6 heteroatoms. The molecule has 0 radical (unpaired) electrons. The molecule has 0 spiro atoms. The summed E-state index contributed by atoms with van der Waals surface area (Å²) in [5.41, 5.74) is 3.71. The van der Waals surface area contributed by atoms with E-state index in [0.29, 0.717) is 11.2 Å². The van der Waals surface area contributed by atoms with E-state index in [-0.39, 0.29) is 0 Å². The maximum absolute atomic E-state index is 12.0. The number of fused-ring (bicyclic) bond motifs is 1. The number of nitrogens with zero attached hydrogens (tertiary/aromatic N) is 3. The molecule has 0 saturated carbocycles. The zero-order valence-electron chi connectivity index (χ0n) is 13.5. The van der Waals surface area contributed by atoms with Crippen LogP contribution in [0.5, 0.6) is 5.75 Å². The van der Waals surface area contributed by atoms with Crippen molar-refractivity contribution in [1.82, 2.24) is 14.8 Å². The maximum Gasteiger partial charge on any atom is 0.356 e. The van der Waals surface area contributed by atoms with Gasteiger partial charge in [-0.05, 0) is 13.0 Å². The van der Waals surface area contributed by atoms with Gasteiger partial charge in [0.05, 0.1) is 14.2 Å². The molecule has 118 valence electrons. The van der Waals surface area contributed by atoms with Crippen LogP contribution in [-0.4, -0.2) is 35.0 Å². The zero-order chi connectivity index (χ0) is 16.6. The van der Waals surface area contributed by atoms with Crippen molar-refractivity contribution in [3.8, 4) is 16.9 Å². The first-order valence-corrected chi connectivity index (χ1v) is 7.12. The Balaban J connectivity index is 2.35. The number of aromatic nitrogens is 3. The van der Waals surface area contributed by atoms with Gasteiger partial charge in [-0.15, -0.1) is 0 Å². The van der Waals surface area contributed by atoms with E-state index >= 15 is 0 Å². The summed E-state index contributed by atoms with van der Waals surface area (Å²) in [5, 5.41) is 5.25. The van der Waals surface area contributed by atoms with Gasteiger partial charge in [-0.1, -0.05) is 18.2 Å². The first kappa shape index (κ1) is 15.0. The minimum absolute atomic E-state index is 0.415. The van der Waals surface area contributed by atoms with E-state index in [0.717, 1.165) is 28.0 Å². The first-order chi connectivity index (χ1) is 11.1. The minimum Gasteiger partial charge on any atom is -0.496 e. The van der Waals surface area contributed by atoms with Crippen molar-refractivity contribution in [2.75, 3.05) is 14.2 Å². The summed E-state index contributed by atoms with van der Waals surface area (Å²) in [5.74, 6) is 0.303. The molecule has 6 nitrogen and oxygen atoms in total. The molecule has 3 rings (SSSR count). The van der Waals surface area contributed by atoms with Crippen LogP contribution in [0.2, 0.25) is 0 Å². The van der Waals surface area contributed by atoms with E-state index in [4.69, 9.17) is 9.47 Å². The quantitative estimate of drug-likeness (QED) is 0.696. The number of rotatable bonds is 3. The molecule has 23 heavy (non-hydrogen) atoms. The third kappa shape index (κ3) is 2.32. The number of hydrogen-bond acceptors (Lipinski definition) is 5. The van der Waals surface area contributed by atoms with Gasteiger partial charge in [0.1, 0.15) is 11.3 Å². The van der Waals surface area contributed by atoms with Crippen molar-refractivity contribution in [3.63, 3.8) is 0 Å². The third-order valence-corrected chi connectivity index (χ3v) is 3.84. The van der Waals surface area contributed by atoms with E-state index in [9.17, 15) is 4.79 Å². The number of benzene rings is 1. The third-order valence-electron chi connectivity index (χ3n) is 3.84. The van der Waals surface area contributed by atoms with Crippen LogP contribution in [0.25, 0.3) is 22.0 Å². The molecule has 0 bridgehead atoms. The fourth-order valence-electron chi connectivity index (χ4n) is 2.80. The molecule has 0 unspecified atom stereocenters. The lowest BCUT2D eigenvalue weighted by Crippen LogP contribution is -2.08. The second-order valence-electron chi connectivity index (χ2n) is 5.14. The van der Waals surface area contributed by atoms with Gasteiger partial charge in [-0.3, -0.25) is 9.67 Å². The van der Waals surface area contributed by atoms with Crippen LogP contribution < -0.4 is 4.74 Å². The van der Waals surface area contributed by atoms with Gasteiger partial charge in [-0.25, -0.2) is 4.79 Å². The average Bonchev–Trinajstić information content (AvgIpc) is 2.90. The van der Waals surface area contributed by atoms with Gasteiger partial charge < -0.3 is 9.47 Å². The number of methoxy groups -OCH3 is 2. The smallest absolute Gasteiger partial charge is 0.356 e. The topological polar surface area (TPSA) is 66.2 Å². The van der Waals surface area contributed by atoms with E-state index < -0.39 is 5.97 Å². The molecule has 3 aromatic rings. The van der Waals surface area contributed by atoms with Gasteiger partial charge in [0.25, 0.3) is 0 Å². The lowest BCUT2D eigenvalue weighted by atomic mass is 10.00. The van der Waals surface area contributed by atoms with Crippen LogP contribution in [0.3, 0.4) is 0 Å². The summed E-state index contributed by atoms with van der Waals surface area (Å²) in [6.45, 7) is 1.92. The number of carbonyl (C=O) groups excluding carboxylic acids is 1. The highest BCUT2D eigenvalue weighted by atomic mass is 16.5. The predicted octanol–water partition coefficient (Wildman–Crippen LogP) is 2.74. The molecular formula is C17H17N3O3. The Labute approximate surface area is 133 Å². The Morgan fingerprint density at radius 2 is 2.00 bits per heavy atom. The van der Waals surface area contributed by atoms with Crippen LogP contribution in [0.4, 0.5) is 0 Å². The van der Waals surface area contributed by atoms with Crippen LogP contribution in [0.15, 0.2) is 30.5 Å². The normalized spacial score (nSPS) is 10.8. The molecule has 2 aromatic heterocycles. The maximum atomic E-state index is 12.0. The van der Waals surface area contributed by atoms with Crippen molar-refractivity contribution in [2.24, 2.45) is 7.05 Å². The largest absolute Gasteiger partial charge is 0.496 e. The van der Waals surface area contributed by atoms with Gasteiger partial charge in [0.15, 0.2) is 5.69 Å². The summed E-state index contributed by atoms with van der Waals surface area (Å²) in [6.07, 6.45) is 1.70. The molecular weight excluding hydrogens is 294 g/mol. The lowest BCUT2D eigenvalue weighted by molar-refractivity contribution is 0.0590. The fourth-order valence-corrected chi connectivity index (χ4v) is 2.80. The van der Waals surface area contributed by atoms with Crippen LogP contribution in [0.1, 0.15) is 16.2 Å². The van der Waals surface area contributed by atoms with E-state index in [1.807, 2.05) is 31.2 Å². The molecule has 1 aromatic carbocycles. The van der Waals surface area contributed by atoms with Gasteiger partial charge in [0.2, 0.25) is 0 Å². The van der Waals surface area contributed by atoms with Crippen molar-refractivity contribution in [1.29, 1.82) is 0 Å². The number of esters is 1. The number of carbonyl (C=O) groups is 1. The first-order valence-electron chi connectivity index (χ1n) is 7.12. The summed E-state index contributed by atoms with van der Waals surface area (Å²) in [7, 11) is 4.71. The SMILES string of the molecule is COC(=O)c1c2cccc(-c3c(OC)ccnc3C)c2nn1C. The summed E-state index contributed by atoms with van der Waals surface area (Å²) in [6, 6.07) is 7.50. The Morgan fingerprint density at radius 3 is 2.70 bits per heavy atom. The molecule has 0 aliphatic carbocycles. The molecule has 0 aliphatic rings. The fraction of sp³-hybridized carbons (Fsp3) is 0.235. The lowest BCUT2D eigenvalue weighted by Gasteiger charge is -2.11. The number of pyridine rings is 1. The van der Waals surface area contributed by atoms with Gasteiger partial charge >= 0.3 is 5.97 Å². The number of aryl methyl sites for hydroxylation is 2. The minimum atomic E-state index is -0.415. The van der Waals surface area contributed by atoms with Crippen LogP contribution >= 0.6 is 0 Å². The monoisotopic (exact) mass is 311 g/mol. The predicted molar refractivity (Wildman–Crippen MR) is 86.6 cm³/mol. The van der Waals surface area contributed by atoms with Crippen molar-refractivity contribution in [2.45, 2.75) is 6.92 Å². The van der Waals surface area contributed by atoms with Gasteiger partial charge in [0, 0.05) is 35.5 Å². The molecule has 0 atom stereocenters. The molecule has 0 amide bonds. The standard InChI is InChI=1S/C17H17N3O3/c1-10-14(13(22-3)8-9-18-10)11-6-5-7-12-15(11)19-20(2)16(12)17(21)23-4/h5-9H,1-4H3.